The standard InChI is InChI=1S/C14H15N3O/c18-14(17-9-10-7-15-8-10)12-3-4-13-11(6-12)2-1-5-16-13/h1-6,10,15H,7-9H2,(H,17,18). The molecule has 0 bridgehead atoms. The van der Waals surface area contributed by atoms with Crippen LogP contribution in [0.2, 0.25) is 0 Å². The first-order valence-corrected chi connectivity index (χ1v) is 6.16. The Bertz CT molecular complexity index is 578. The monoisotopic (exact) mass is 241 g/mol. The summed E-state index contributed by atoms with van der Waals surface area (Å²) in [6, 6.07) is 9.44. The number of nitrogens with zero attached hydrogens (tertiary/aromatic N) is 1. The maximum absolute atomic E-state index is 12.0. The lowest BCUT2D eigenvalue weighted by Gasteiger charge is -2.27. The number of pyridine rings is 1. The second kappa shape index (κ2) is 4.74. The molecule has 4 heteroatoms. The highest BCUT2D eigenvalue weighted by Gasteiger charge is 2.17. The Balaban J connectivity index is 1.74. The van der Waals surface area contributed by atoms with Gasteiger partial charge in [-0.1, -0.05) is 6.07 Å². The van der Waals surface area contributed by atoms with Gasteiger partial charge in [0.1, 0.15) is 0 Å². The number of carbonyl (C=O) groups is 1. The van der Waals surface area contributed by atoms with Gasteiger partial charge in [0.2, 0.25) is 0 Å². The smallest absolute Gasteiger partial charge is 0.251 e. The summed E-state index contributed by atoms with van der Waals surface area (Å²) < 4.78 is 0. The van der Waals surface area contributed by atoms with Gasteiger partial charge in [-0.05, 0) is 24.3 Å². The molecule has 1 aliphatic rings. The molecule has 2 aromatic rings. The van der Waals surface area contributed by atoms with E-state index in [1.807, 2.05) is 30.3 Å². The van der Waals surface area contributed by atoms with Gasteiger partial charge >= 0.3 is 0 Å². The average molecular weight is 241 g/mol. The summed E-state index contributed by atoms with van der Waals surface area (Å²) in [5, 5.41) is 7.15. The first-order valence-electron chi connectivity index (χ1n) is 6.16. The van der Waals surface area contributed by atoms with Crippen molar-refractivity contribution >= 4 is 16.8 Å². The molecule has 0 spiro atoms. The number of hydrogen-bond donors (Lipinski definition) is 2. The van der Waals surface area contributed by atoms with Gasteiger partial charge in [-0.2, -0.15) is 0 Å². The van der Waals surface area contributed by atoms with E-state index in [4.69, 9.17) is 0 Å². The second-order valence-electron chi connectivity index (χ2n) is 4.65. The molecular formula is C14H15N3O. The fourth-order valence-corrected chi connectivity index (χ4v) is 2.05. The molecule has 18 heavy (non-hydrogen) atoms. The number of carbonyl (C=O) groups excluding carboxylic acids is 1. The van der Waals surface area contributed by atoms with E-state index in [-0.39, 0.29) is 5.91 Å². The summed E-state index contributed by atoms with van der Waals surface area (Å²) >= 11 is 0. The maximum Gasteiger partial charge on any atom is 0.251 e. The maximum atomic E-state index is 12.0. The Hall–Kier alpha value is -1.94. The van der Waals surface area contributed by atoms with E-state index in [9.17, 15) is 4.79 Å². The lowest BCUT2D eigenvalue weighted by Crippen LogP contribution is -2.48. The Labute approximate surface area is 105 Å². The Kier molecular flexibility index (Phi) is 2.94. The van der Waals surface area contributed by atoms with Crippen molar-refractivity contribution < 1.29 is 4.79 Å². The molecule has 1 aliphatic heterocycles. The molecule has 0 atom stereocenters. The lowest BCUT2D eigenvalue weighted by atomic mass is 10.0. The van der Waals surface area contributed by atoms with Crippen molar-refractivity contribution in [3.8, 4) is 0 Å². The summed E-state index contributed by atoms with van der Waals surface area (Å²) in [4.78, 5) is 16.2. The first kappa shape index (κ1) is 11.2. The highest BCUT2D eigenvalue weighted by Crippen LogP contribution is 2.13. The number of aromatic nitrogens is 1. The number of amides is 1. The summed E-state index contributed by atoms with van der Waals surface area (Å²) in [5.74, 6) is 0.573. The number of rotatable bonds is 3. The van der Waals surface area contributed by atoms with E-state index in [1.54, 1.807) is 6.20 Å². The van der Waals surface area contributed by atoms with E-state index in [0.717, 1.165) is 30.5 Å². The first-order chi connectivity index (χ1) is 8.83. The van der Waals surface area contributed by atoms with Gasteiger partial charge in [0, 0.05) is 42.7 Å². The van der Waals surface area contributed by atoms with Gasteiger partial charge in [0.05, 0.1) is 5.52 Å². The van der Waals surface area contributed by atoms with Crippen LogP contribution in [-0.2, 0) is 0 Å². The Morgan fingerprint density at radius 3 is 3.06 bits per heavy atom. The minimum Gasteiger partial charge on any atom is -0.352 e. The fourth-order valence-electron chi connectivity index (χ4n) is 2.05. The van der Waals surface area contributed by atoms with Crippen LogP contribution in [0.4, 0.5) is 0 Å². The molecule has 0 unspecified atom stereocenters. The highest BCUT2D eigenvalue weighted by molar-refractivity contribution is 5.97. The molecule has 0 saturated carbocycles. The Morgan fingerprint density at radius 2 is 2.28 bits per heavy atom. The third-order valence-electron chi connectivity index (χ3n) is 3.28. The number of hydrogen-bond acceptors (Lipinski definition) is 3. The van der Waals surface area contributed by atoms with E-state index < -0.39 is 0 Å². The topological polar surface area (TPSA) is 54.0 Å². The zero-order chi connectivity index (χ0) is 12.4. The summed E-state index contributed by atoms with van der Waals surface area (Å²) in [6.07, 6.45) is 1.76. The van der Waals surface area contributed by atoms with Crippen molar-refractivity contribution in [2.24, 2.45) is 5.92 Å². The third-order valence-corrected chi connectivity index (χ3v) is 3.28. The van der Waals surface area contributed by atoms with E-state index in [1.165, 1.54) is 0 Å². The van der Waals surface area contributed by atoms with E-state index >= 15 is 0 Å². The Morgan fingerprint density at radius 1 is 1.39 bits per heavy atom. The molecule has 1 saturated heterocycles. The van der Waals surface area contributed by atoms with Crippen LogP contribution in [0.5, 0.6) is 0 Å². The van der Waals surface area contributed by atoms with Crippen molar-refractivity contribution in [2.75, 3.05) is 19.6 Å². The van der Waals surface area contributed by atoms with Gasteiger partial charge in [-0.15, -0.1) is 0 Å². The quantitative estimate of drug-likeness (QED) is 0.848. The lowest BCUT2D eigenvalue weighted by molar-refractivity contribution is 0.0942. The number of benzene rings is 1. The largest absolute Gasteiger partial charge is 0.352 e. The molecule has 2 N–H and O–H groups in total. The highest BCUT2D eigenvalue weighted by atomic mass is 16.1. The molecule has 1 aromatic heterocycles. The minimum absolute atomic E-state index is 0.00680. The number of nitrogens with one attached hydrogen (secondary N) is 2. The van der Waals surface area contributed by atoms with Gasteiger partial charge < -0.3 is 10.6 Å². The molecular weight excluding hydrogens is 226 g/mol. The van der Waals surface area contributed by atoms with Gasteiger partial charge in [0.25, 0.3) is 5.91 Å². The molecule has 92 valence electrons. The van der Waals surface area contributed by atoms with Crippen molar-refractivity contribution in [1.82, 2.24) is 15.6 Å². The van der Waals surface area contributed by atoms with Crippen LogP contribution in [0, 0.1) is 5.92 Å². The van der Waals surface area contributed by atoms with Gasteiger partial charge in [-0.3, -0.25) is 9.78 Å². The van der Waals surface area contributed by atoms with Gasteiger partial charge in [0.15, 0.2) is 0 Å². The molecule has 1 fully saturated rings. The average Bonchev–Trinajstić information content (AvgIpc) is 2.36. The third kappa shape index (κ3) is 2.19. The van der Waals surface area contributed by atoms with Crippen LogP contribution in [0.15, 0.2) is 36.5 Å². The summed E-state index contributed by atoms with van der Waals surface area (Å²) in [7, 11) is 0. The minimum atomic E-state index is -0.00680. The molecule has 0 aliphatic carbocycles. The molecule has 3 rings (SSSR count). The zero-order valence-corrected chi connectivity index (χ0v) is 10.0. The van der Waals surface area contributed by atoms with Crippen molar-refractivity contribution in [1.29, 1.82) is 0 Å². The second-order valence-corrected chi connectivity index (χ2v) is 4.65. The predicted octanol–water partition coefficient (Wildman–Crippen LogP) is 1.18. The molecule has 4 nitrogen and oxygen atoms in total. The molecule has 2 heterocycles. The van der Waals surface area contributed by atoms with Gasteiger partial charge in [-0.25, -0.2) is 0 Å². The van der Waals surface area contributed by atoms with Crippen molar-refractivity contribution in [3.05, 3.63) is 42.1 Å². The SMILES string of the molecule is O=C(NCC1CNC1)c1ccc2ncccc2c1. The molecule has 1 aromatic carbocycles. The van der Waals surface area contributed by atoms with Crippen LogP contribution < -0.4 is 10.6 Å². The predicted molar refractivity (Wildman–Crippen MR) is 70.4 cm³/mol. The normalized spacial score (nSPS) is 15.3. The van der Waals surface area contributed by atoms with Crippen molar-refractivity contribution in [2.45, 2.75) is 0 Å². The van der Waals surface area contributed by atoms with E-state index in [0.29, 0.717) is 11.5 Å². The van der Waals surface area contributed by atoms with Crippen molar-refractivity contribution in [3.63, 3.8) is 0 Å². The summed E-state index contributed by atoms with van der Waals surface area (Å²) in [5.41, 5.74) is 1.61. The van der Waals surface area contributed by atoms with Crippen LogP contribution in [0.1, 0.15) is 10.4 Å². The van der Waals surface area contributed by atoms with Crippen LogP contribution in [-0.4, -0.2) is 30.5 Å². The van der Waals surface area contributed by atoms with Crippen LogP contribution in [0.25, 0.3) is 10.9 Å². The summed E-state index contributed by atoms with van der Waals surface area (Å²) in [6.45, 7) is 2.75. The van der Waals surface area contributed by atoms with Crippen LogP contribution in [0.3, 0.4) is 0 Å². The molecule has 0 radical (unpaired) electrons. The molecule has 1 amide bonds. The zero-order valence-electron chi connectivity index (χ0n) is 10.0. The van der Waals surface area contributed by atoms with Crippen LogP contribution >= 0.6 is 0 Å². The number of fused-ring (bicyclic) bond motifs is 1. The fraction of sp³-hybridized carbons (Fsp3) is 0.286. The van der Waals surface area contributed by atoms with E-state index in [2.05, 4.69) is 15.6 Å².